The zero-order chi connectivity index (χ0) is 12.8. The second-order valence-corrected chi connectivity index (χ2v) is 5.25. The molecule has 0 bridgehead atoms. The van der Waals surface area contributed by atoms with E-state index < -0.39 is 0 Å². The molecule has 1 N–H and O–H groups in total. The highest BCUT2D eigenvalue weighted by atomic mass is 16.5. The summed E-state index contributed by atoms with van der Waals surface area (Å²) < 4.78 is 6.06. The van der Waals surface area contributed by atoms with Gasteiger partial charge in [-0.25, -0.2) is 0 Å². The number of benzene rings is 1. The van der Waals surface area contributed by atoms with Crippen molar-refractivity contribution in [2.75, 3.05) is 0 Å². The smallest absolute Gasteiger partial charge is 0.164 e. The molecule has 0 spiro atoms. The zero-order valence-electron chi connectivity index (χ0n) is 11.3. The van der Waals surface area contributed by atoms with Gasteiger partial charge in [0.05, 0.1) is 6.10 Å². The van der Waals surface area contributed by atoms with Crippen LogP contribution in [0.2, 0.25) is 0 Å². The fourth-order valence-electron chi connectivity index (χ4n) is 2.62. The quantitative estimate of drug-likeness (QED) is 0.834. The van der Waals surface area contributed by atoms with Crippen molar-refractivity contribution in [3.8, 4) is 11.5 Å². The Bertz CT molecular complexity index is 367. The van der Waals surface area contributed by atoms with Gasteiger partial charge >= 0.3 is 0 Å². The van der Waals surface area contributed by atoms with Gasteiger partial charge in [-0.2, -0.15) is 0 Å². The summed E-state index contributed by atoms with van der Waals surface area (Å²) in [5.41, 5.74) is 1.16. The normalized spacial score (nSPS) is 16.7. The first-order chi connectivity index (χ1) is 8.81. The third kappa shape index (κ3) is 3.41. The lowest BCUT2D eigenvalue weighted by Gasteiger charge is -2.24. The molecule has 0 radical (unpaired) electrons. The first-order valence-electron chi connectivity index (χ1n) is 7.28. The fourth-order valence-corrected chi connectivity index (χ4v) is 2.62. The van der Waals surface area contributed by atoms with E-state index in [-0.39, 0.29) is 0 Å². The zero-order valence-corrected chi connectivity index (χ0v) is 11.3. The summed E-state index contributed by atoms with van der Waals surface area (Å²) in [7, 11) is 0. The standard InChI is InChI=1S/C16H24O2/c1-2-3-8-13-9-7-12-15(17)16(13)18-14-10-5-4-6-11-14/h7,9,12,14,17H,2-6,8,10-11H2,1H3. The molecule has 1 saturated carbocycles. The highest BCUT2D eigenvalue weighted by molar-refractivity contribution is 5.45. The van der Waals surface area contributed by atoms with Crippen LogP contribution in [0.3, 0.4) is 0 Å². The van der Waals surface area contributed by atoms with Gasteiger partial charge in [-0.3, -0.25) is 0 Å². The van der Waals surface area contributed by atoms with Crippen LogP contribution in [0.25, 0.3) is 0 Å². The van der Waals surface area contributed by atoms with E-state index >= 15 is 0 Å². The van der Waals surface area contributed by atoms with E-state index in [4.69, 9.17) is 4.74 Å². The summed E-state index contributed by atoms with van der Waals surface area (Å²) in [5.74, 6) is 1.03. The maximum Gasteiger partial charge on any atom is 0.164 e. The molecule has 2 nitrogen and oxygen atoms in total. The van der Waals surface area contributed by atoms with Crippen LogP contribution in [-0.2, 0) is 6.42 Å². The van der Waals surface area contributed by atoms with Crippen molar-refractivity contribution in [1.29, 1.82) is 0 Å². The van der Waals surface area contributed by atoms with Crippen LogP contribution in [-0.4, -0.2) is 11.2 Å². The van der Waals surface area contributed by atoms with E-state index in [2.05, 4.69) is 13.0 Å². The Labute approximate surface area is 110 Å². The highest BCUT2D eigenvalue weighted by Gasteiger charge is 2.18. The summed E-state index contributed by atoms with van der Waals surface area (Å²) in [6.07, 6.45) is 9.68. The predicted molar refractivity (Wildman–Crippen MR) is 74.2 cm³/mol. The van der Waals surface area contributed by atoms with Gasteiger partial charge in [-0.05, 0) is 50.2 Å². The van der Waals surface area contributed by atoms with E-state index in [0.717, 1.165) is 37.0 Å². The number of para-hydroxylation sites is 1. The lowest BCUT2D eigenvalue weighted by molar-refractivity contribution is 0.148. The second kappa shape index (κ2) is 6.67. The van der Waals surface area contributed by atoms with Crippen LogP contribution in [0.15, 0.2) is 18.2 Å². The Kier molecular flexibility index (Phi) is 4.91. The van der Waals surface area contributed by atoms with Gasteiger partial charge in [-0.15, -0.1) is 0 Å². The highest BCUT2D eigenvalue weighted by Crippen LogP contribution is 2.34. The van der Waals surface area contributed by atoms with Gasteiger partial charge in [0.25, 0.3) is 0 Å². The van der Waals surface area contributed by atoms with Gasteiger partial charge < -0.3 is 9.84 Å². The van der Waals surface area contributed by atoms with Crippen molar-refractivity contribution >= 4 is 0 Å². The summed E-state index contributed by atoms with van der Waals surface area (Å²) >= 11 is 0. The summed E-state index contributed by atoms with van der Waals surface area (Å²) in [6, 6.07) is 5.72. The van der Waals surface area contributed by atoms with Crippen molar-refractivity contribution in [2.24, 2.45) is 0 Å². The molecule has 1 aliphatic rings. The molecule has 1 fully saturated rings. The predicted octanol–water partition coefficient (Wildman–Crippen LogP) is 4.45. The van der Waals surface area contributed by atoms with E-state index in [9.17, 15) is 5.11 Å². The van der Waals surface area contributed by atoms with Crippen LogP contribution >= 0.6 is 0 Å². The third-order valence-electron chi connectivity index (χ3n) is 3.71. The number of rotatable bonds is 5. The number of unbranched alkanes of at least 4 members (excludes halogenated alkanes) is 1. The molecule has 0 unspecified atom stereocenters. The van der Waals surface area contributed by atoms with E-state index in [1.54, 1.807) is 6.07 Å². The van der Waals surface area contributed by atoms with Gasteiger partial charge in [-0.1, -0.05) is 31.9 Å². The van der Waals surface area contributed by atoms with Crippen LogP contribution < -0.4 is 4.74 Å². The summed E-state index contributed by atoms with van der Waals surface area (Å²) in [5, 5.41) is 10.00. The van der Waals surface area contributed by atoms with E-state index in [1.165, 1.54) is 25.7 Å². The van der Waals surface area contributed by atoms with Crippen molar-refractivity contribution in [2.45, 2.75) is 64.4 Å². The molecule has 1 aliphatic carbocycles. The van der Waals surface area contributed by atoms with E-state index in [0.29, 0.717) is 11.9 Å². The molecule has 0 heterocycles. The molecule has 1 aromatic carbocycles. The van der Waals surface area contributed by atoms with Crippen LogP contribution in [0.4, 0.5) is 0 Å². The van der Waals surface area contributed by atoms with E-state index in [1.807, 2.05) is 6.07 Å². The minimum Gasteiger partial charge on any atom is -0.504 e. The van der Waals surface area contributed by atoms with Gasteiger partial charge in [0.15, 0.2) is 11.5 Å². The minimum absolute atomic E-state index is 0.299. The fraction of sp³-hybridized carbons (Fsp3) is 0.625. The maximum absolute atomic E-state index is 10.00. The third-order valence-corrected chi connectivity index (χ3v) is 3.71. The molecular weight excluding hydrogens is 224 g/mol. The van der Waals surface area contributed by atoms with Crippen LogP contribution in [0.5, 0.6) is 11.5 Å². The SMILES string of the molecule is CCCCc1cccc(O)c1OC1CCCCC1. The average molecular weight is 248 g/mol. The molecule has 18 heavy (non-hydrogen) atoms. The molecule has 1 aromatic rings. The number of ether oxygens (including phenoxy) is 1. The Morgan fingerprint density at radius 3 is 2.72 bits per heavy atom. The maximum atomic E-state index is 10.00. The van der Waals surface area contributed by atoms with Gasteiger partial charge in [0, 0.05) is 0 Å². The number of phenolic OH excluding ortho intramolecular Hbond substituents is 1. The van der Waals surface area contributed by atoms with Gasteiger partial charge in [0.1, 0.15) is 0 Å². The van der Waals surface area contributed by atoms with Crippen molar-refractivity contribution in [1.82, 2.24) is 0 Å². The Morgan fingerprint density at radius 2 is 2.00 bits per heavy atom. The van der Waals surface area contributed by atoms with Crippen molar-refractivity contribution in [3.63, 3.8) is 0 Å². The average Bonchev–Trinajstić information content (AvgIpc) is 2.41. The number of hydrogen-bond donors (Lipinski definition) is 1. The molecular formula is C16H24O2. The first-order valence-corrected chi connectivity index (χ1v) is 7.28. The lowest BCUT2D eigenvalue weighted by Crippen LogP contribution is -2.20. The Balaban J connectivity index is 2.08. The van der Waals surface area contributed by atoms with Gasteiger partial charge in [0.2, 0.25) is 0 Å². The first kappa shape index (κ1) is 13.3. The molecule has 0 amide bonds. The molecule has 0 aromatic heterocycles. The van der Waals surface area contributed by atoms with Crippen LogP contribution in [0.1, 0.15) is 57.4 Å². The van der Waals surface area contributed by atoms with Crippen LogP contribution in [0, 0.1) is 0 Å². The molecule has 2 heteroatoms. The monoisotopic (exact) mass is 248 g/mol. The Hall–Kier alpha value is -1.18. The molecule has 0 atom stereocenters. The minimum atomic E-state index is 0.299. The number of phenols is 1. The molecule has 0 aliphatic heterocycles. The summed E-state index contributed by atoms with van der Waals surface area (Å²) in [4.78, 5) is 0. The molecule has 2 rings (SSSR count). The lowest BCUT2D eigenvalue weighted by atomic mass is 9.97. The van der Waals surface area contributed by atoms with Crippen molar-refractivity contribution < 1.29 is 9.84 Å². The Morgan fingerprint density at radius 1 is 1.22 bits per heavy atom. The second-order valence-electron chi connectivity index (χ2n) is 5.25. The topological polar surface area (TPSA) is 29.5 Å². The largest absolute Gasteiger partial charge is 0.504 e. The molecule has 100 valence electrons. The number of aryl methyl sites for hydroxylation is 1. The summed E-state index contributed by atoms with van der Waals surface area (Å²) in [6.45, 7) is 2.18. The molecule has 0 saturated heterocycles. The number of aromatic hydroxyl groups is 1. The number of hydrogen-bond acceptors (Lipinski definition) is 2. The van der Waals surface area contributed by atoms with Crippen molar-refractivity contribution in [3.05, 3.63) is 23.8 Å².